The molecular weight excluding hydrogens is 202 g/mol. The SMILES string of the molecule is CCN(CC1CC1)C(=O)c1c(C)n[nH]c1C. The van der Waals surface area contributed by atoms with Crippen molar-refractivity contribution in [3.8, 4) is 0 Å². The minimum Gasteiger partial charge on any atom is -0.339 e. The Balaban J connectivity index is 2.15. The summed E-state index contributed by atoms with van der Waals surface area (Å²) in [5, 5.41) is 6.94. The second kappa shape index (κ2) is 4.28. The number of aromatic nitrogens is 2. The summed E-state index contributed by atoms with van der Waals surface area (Å²) in [7, 11) is 0. The Kier molecular flexibility index (Phi) is 2.99. The molecule has 4 nitrogen and oxygen atoms in total. The van der Waals surface area contributed by atoms with Crippen molar-refractivity contribution in [2.75, 3.05) is 13.1 Å². The number of carbonyl (C=O) groups excluding carboxylic acids is 1. The molecular formula is C12H19N3O. The van der Waals surface area contributed by atoms with E-state index in [0.717, 1.165) is 36.0 Å². The van der Waals surface area contributed by atoms with E-state index in [9.17, 15) is 4.79 Å². The Labute approximate surface area is 96.0 Å². The van der Waals surface area contributed by atoms with Crippen LogP contribution in [0.5, 0.6) is 0 Å². The molecule has 1 heterocycles. The van der Waals surface area contributed by atoms with E-state index >= 15 is 0 Å². The Bertz CT molecular complexity index is 373. The third kappa shape index (κ3) is 2.10. The topological polar surface area (TPSA) is 49.0 Å². The molecule has 16 heavy (non-hydrogen) atoms. The summed E-state index contributed by atoms with van der Waals surface area (Å²) >= 11 is 0. The van der Waals surface area contributed by atoms with Crippen LogP contribution in [0, 0.1) is 19.8 Å². The molecule has 0 radical (unpaired) electrons. The fraction of sp³-hybridized carbons (Fsp3) is 0.667. The first kappa shape index (κ1) is 11.2. The molecule has 1 aromatic heterocycles. The fourth-order valence-corrected chi connectivity index (χ4v) is 1.99. The molecule has 0 bridgehead atoms. The maximum Gasteiger partial charge on any atom is 0.257 e. The van der Waals surface area contributed by atoms with Crippen LogP contribution in [0.25, 0.3) is 0 Å². The fourth-order valence-electron chi connectivity index (χ4n) is 1.99. The van der Waals surface area contributed by atoms with Gasteiger partial charge in [0.1, 0.15) is 0 Å². The number of hydrogen-bond donors (Lipinski definition) is 1. The van der Waals surface area contributed by atoms with Crippen molar-refractivity contribution in [3.63, 3.8) is 0 Å². The van der Waals surface area contributed by atoms with Gasteiger partial charge in [0.25, 0.3) is 5.91 Å². The van der Waals surface area contributed by atoms with E-state index in [1.165, 1.54) is 12.8 Å². The lowest BCUT2D eigenvalue weighted by molar-refractivity contribution is 0.0755. The Morgan fingerprint density at radius 3 is 2.62 bits per heavy atom. The summed E-state index contributed by atoms with van der Waals surface area (Å²) in [6.07, 6.45) is 2.54. The second-order valence-electron chi connectivity index (χ2n) is 4.60. The highest BCUT2D eigenvalue weighted by Gasteiger charge is 2.28. The molecule has 0 spiro atoms. The van der Waals surface area contributed by atoms with Crippen molar-refractivity contribution < 1.29 is 4.79 Å². The van der Waals surface area contributed by atoms with E-state index in [2.05, 4.69) is 10.2 Å². The van der Waals surface area contributed by atoms with Crippen molar-refractivity contribution in [2.24, 2.45) is 5.92 Å². The van der Waals surface area contributed by atoms with Gasteiger partial charge in [-0.2, -0.15) is 5.10 Å². The molecule has 1 amide bonds. The lowest BCUT2D eigenvalue weighted by Crippen LogP contribution is -2.33. The van der Waals surface area contributed by atoms with Crippen LogP contribution in [0.2, 0.25) is 0 Å². The van der Waals surface area contributed by atoms with Gasteiger partial charge in [-0.3, -0.25) is 9.89 Å². The number of aryl methyl sites for hydroxylation is 2. The predicted molar refractivity (Wildman–Crippen MR) is 62.4 cm³/mol. The van der Waals surface area contributed by atoms with Crippen molar-refractivity contribution in [1.82, 2.24) is 15.1 Å². The van der Waals surface area contributed by atoms with E-state index in [0.29, 0.717) is 0 Å². The first-order chi connectivity index (χ1) is 7.63. The van der Waals surface area contributed by atoms with E-state index < -0.39 is 0 Å². The van der Waals surface area contributed by atoms with Crippen LogP contribution in [0.4, 0.5) is 0 Å². The van der Waals surface area contributed by atoms with Crippen LogP contribution in [0.3, 0.4) is 0 Å². The first-order valence-corrected chi connectivity index (χ1v) is 5.94. The zero-order valence-corrected chi connectivity index (χ0v) is 10.2. The highest BCUT2D eigenvalue weighted by Crippen LogP contribution is 2.30. The number of nitrogens with zero attached hydrogens (tertiary/aromatic N) is 2. The molecule has 0 aromatic carbocycles. The highest BCUT2D eigenvalue weighted by molar-refractivity contribution is 5.96. The van der Waals surface area contributed by atoms with Crippen molar-refractivity contribution >= 4 is 5.91 Å². The molecule has 0 unspecified atom stereocenters. The predicted octanol–water partition coefficient (Wildman–Crippen LogP) is 1.90. The number of amides is 1. The van der Waals surface area contributed by atoms with Crippen molar-refractivity contribution in [1.29, 1.82) is 0 Å². The van der Waals surface area contributed by atoms with Gasteiger partial charge in [0, 0.05) is 18.8 Å². The number of hydrogen-bond acceptors (Lipinski definition) is 2. The summed E-state index contributed by atoms with van der Waals surface area (Å²) in [4.78, 5) is 14.2. The van der Waals surface area contributed by atoms with Gasteiger partial charge in [-0.25, -0.2) is 0 Å². The van der Waals surface area contributed by atoms with Gasteiger partial charge in [-0.15, -0.1) is 0 Å². The molecule has 1 aromatic rings. The van der Waals surface area contributed by atoms with Gasteiger partial charge in [-0.1, -0.05) is 0 Å². The Morgan fingerprint density at radius 1 is 1.50 bits per heavy atom. The number of aromatic amines is 1. The van der Waals surface area contributed by atoms with Crippen LogP contribution >= 0.6 is 0 Å². The average molecular weight is 221 g/mol. The molecule has 1 aliphatic carbocycles. The van der Waals surface area contributed by atoms with Crippen LogP contribution < -0.4 is 0 Å². The minimum atomic E-state index is 0.123. The van der Waals surface area contributed by atoms with Crippen LogP contribution in [0.15, 0.2) is 0 Å². The van der Waals surface area contributed by atoms with Gasteiger partial charge in [-0.05, 0) is 39.5 Å². The largest absolute Gasteiger partial charge is 0.339 e. The van der Waals surface area contributed by atoms with Crippen molar-refractivity contribution in [3.05, 3.63) is 17.0 Å². The van der Waals surface area contributed by atoms with Crippen LogP contribution in [0.1, 0.15) is 41.5 Å². The normalized spacial score (nSPS) is 15.2. The molecule has 0 aliphatic heterocycles. The third-order valence-electron chi connectivity index (χ3n) is 3.19. The summed E-state index contributed by atoms with van der Waals surface area (Å²) < 4.78 is 0. The quantitative estimate of drug-likeness (QED) is 0.844. The average Bonchev–Trinajstić information content (AvgIpc) is 3.01. The van der Waals surface area contributed by atoms with E-state index in [4.69, 9.17) is 0 Å². The highest BCUT2D eigenvalue weighted by atomic mass is 16.2. The number of carbonyl (C=O) groups is 1. The lowest BCUT2D eigenvalue weighted by Gasteiger charge is -2.20. The molecule has 4 heteroatoms. The zero-order valence-electron chi connectivity index (χ0n) is 10.2. The number of rotatable bonds is 4. The van der Waals surface area contributed by atoms with E-state index in [-0.39, 0.29) is 5.91 Å². The Hall–Kier alpha value is -1.32. The molecule has 88 valence electrons. The molecule has 1 aliphatic rings. The second-order valence-corrected chi connectivity index (χ2v) is 4.60. The maximum atomic E-state index is 12.3. The van der Waals surface area contributed by atoms with Gasteiger partial charge in [0.15, 0.2) is 0 Å². The van der Waals surface area contributed by atoms with E-state index in [1.807, 2.05) is 25.7 Å². The zero-order chi connectivity index (χ0) is 11.7. The molecule has 2 rings (SSSR count). The van der Waals surface area contributed by atoms with Gasteiger partial charge < -0.3 is 4.90 Å². The molecule has 0 saturated heterocycles. The molecule has 1 saturated carbocycles. The summed E-state index contributed by atoms with van der Waals surface area (Å²) in [5.74, 6) is 0.856. The monoisotopic (exact) mass is 221 g/mol. The maximum absolute atomic E-state index is 12.3. The number of H-pyrrole nitrogens is 1. The minimum absolute atomic E-state index is 0.123. The summed E-state index contributed by atoms with van der Waals surface area (Å²) in [6, 6.07) is 0. The van der Waals surface area contributed by atoms with E-state index in [1.54, 1.807) is 0 Å². The lowest BCUT2D eigenvalue weighted by atomic mass is 10.1. The van der Waals surface area contributed by atoms with Gasteiger partial charge in [0.2, 0.25) is 0 Å². The summed E-state index contributed by atoms with van der Waals surface area (Å²) in [5.41, 5.74) is 2.43. The standard InChI is InChI=1S/C12H19N3O/c1-4-15(7-10-5-6-10)12(16)11-8(2)13-14-9(11)3/h10H,4-7H2,1-3H3,(H,13,14). The van der Waals surface area contributed by atoms with Gasteiger partial charge >= 0.3 is 0 Å². The molecule has 1 N–H and O–H groups in total. The van der Waals surface area contributed by atoms with Gasteiger partial charge in [0.05, 0.1) is 11.3 Å². The smallest absolute Gasteiger partial charge is 0.257 e. The summed E-state index contributed by atoms with van der Waals surface area (Å²) in [6.45, 7) is 7.49. The Morgan fingerprint density at radius 2 is 2.19 bits per heavy atom. The number of nitrogens with one attached hydrogen (secondary N) is 1. The molecule has 0 atom stereocenters. The van der Waals surface area contributed by atoms with Crippen LogP contribution in [-0.4, -0.2) is 34.1 Å². The van der Waals surface area contributed by atoms with Crippen molar-refractivity contribution in [2.45, 2.75) is 33.6 Å². The van der Waals surface area contributed by atoms with Crippen LogP contribution in [-0.2, 0) is 0 Å². The third-order valence-corrected chi connectivity index (χ3v) is 3.19. The molecule has 1 fully saturated rings. The first-order valence-electron chi connectivity index (χ1n) is 5.94.